The van der Waals surface area contributed by atoms with Crippen LogP contribution in [-0.4, -0.2) is 31.4 Å². The van der Waals surface area contributed by atoms with Crippen molar-refractivity contribution in [3.05, 3.63) is 60.4 Å². The number of carbonyl (C=O) groups is 1. The number of aryl methyl sites for hydroxylation is 2. The molecule has 0 spiro atoms. The van der Waals surface area contributed by atoms with Gasteiger partial charge in [-0.25, -0.2) is 14.5 Å². The van der Waals surface area contributed by atoms with Crippen molar-refractivity contribution in [3.63, 3.8) is 0 Å². The van der Waals surface area contributed by atoms with Gasteiger partial charge in [0.05, 0.1) is 23.4 Å². The van der Waals surface area contributed by atoms with Crippen LogP contribution in [0.4, 0.5) is 10.5 Å². The minimum absolute atomic E-state index is 0.0186. The third-order valence-electron chi connectivity index (χ3n) is 4.21. The number of nitrogens with one attached hydrogen (secondary N) is 2. The molecule has 0 radical (unpaired) electrons. The summed E-state index contributed by atoms with van der Waals surface area (Å²) in [5.41, 5.74) is 3.52. The molecule has 3 aromatic rings. The molecule has 3 rings (SSSR count). The van der Waals surface area contributed by atoms with E-state index in [1.165, 1.54) is 0 Å². The Kier molecular flexibility index (Phi) is 5.36. The highest BCUT2D eigenvalue weighted by Gasteiger charge is 2.14. The van der Waals surface area contributed by atoms with Gasteiger partial charge in [0.1, 0.15) is 0 Å². The van der Waals surface area contributed by atoms with Crippen LogP contribution in [0, 0.1) is 13.8 Å². The first kappa shape index (κ1) is 17.7. The fourth-order valence-electron chi connectivity index (χ4n) is 2.91. The number of carbonyl (C=O) groups excluding carboxylic acids is 1. The molecule has 2 N–H and O–H groups in total. The molecule has 0 aliphatic rings. The van der Waals surface area contributed by atoms with E-state index in [1.54, 1.807) is 12.5 Å². The predicted octanol–water partition coefficient (Wildman–Crippen LogP) is 3.29. The lowest BCUT2D eigenvalue weighted by atomic mass is 10.2. The number of para-hydroxylation sites is 2. The van der Waals surface area contributed by atoms with Crippen LogP contribution in [0.3, 0.4) is 0 Å². The number of urea groups is 1. The molecular formula is C19H24N6O. The molecule has 7 heteroatoms. The van der Waals surface area contributed by atoms with Gasteiger partial charge < -0.3 is 15.2 Å². The highest BCUT2D eigenvalue weighted by Crippen LogP contribution is 2.21. The van der Waals surface area contributed by atoms with Crippen molar-refractivity contribution in [2.75, 3.05) is 5.32 Å². The molecule has 7 nitrogen and oxygen atoms in total. The van der Waals surface area contributed by atoms with Crippen molar-refractivity contribution in [1.82, 2.24) is 24.6 Å². The number of amides is 2. The molecule has 1 aromatic carbocycles. The fourth-order valence-corrected chi connectivity index (χ4v) is 2.91. The Balaban J connectivity index is 1.72. The predicted molar refractivity (Wildman–Crippen MR) is 101 cm³/mol. The fraction of sp³-hybridized carbons (Fsp3) is 0.316. The number of imidazole rings is 1. The highest BCUT2D eigenvalue weighted by atomic mass is 16.2. The third-order valence-corrected chi connectivity index (χ3v) is 4.21. The SMILES string of the molecule is CC[C@H](Cn1ccnc1)NC(=O)Nc1ccccc1-n1nc(C)cc1C. The van der Waals surface area contributed by atoms with E-state index in [-0.39, 0.29) is 12.1 Å². The number of rotatable bonds is 6. The summed E-state index contributed by atoms with van der Waals surface area (Å²) in [6, 6.07) is 9.45. The number of hydrogen-bond donors (Lipinski definition) is 2. The van der Waals surface area contributed by atoms with Crippen molar-refractivity contribution < 1.29 is 4.79 Å². The first-order valence-corrected chi connectivity index (χ1v) is 8.72. The zero-order valence-corrected chi connectivity index (χ0v) is 15.3. The molecule has 2 aromatic heterocycles. The quantitative estimate of drug-likeness (QED) is 0.715. The van der Waals surface area contributed by atoms with Crippen molar-refractivity contribution >= 4 is 11.7 Å². The van der Waals surface area contributed by atoms with Crippen LogP contribution >= 0.6 is 0 Å². The van der Waals surface area contributed by atoms with Gasteiger partial charge in [-0.3, -0.25) is 0 Å². The number of nitrogens with zero attached hydrogens (tertiary/aromatic N) is 4. The lowest BCUT2D eigenvalue weighted by Gasteiger charge is -2.19. The minimum Gasteiger partial charge on any atom is -0.335 e. The van der Waals surface area contributed by atoms with E-state index in [4.69, 9.17) is 0 Å². The second-order valence-electron chi connectivity index (χ2n) is 6.32. The smallest absolute Gasteiger partial charge is 0.319 e. The molecule has 0 aliphatic heterocycles. The number of benzene rings is 1. The second kappa shape index (κ2) is 7.86. The Morgan fingerprint density at radius 2 is 2.08 bits per heavy atom. The van der Waals surface area contributed by atoms with Crippen LogP contribution in [0.2, 0.25) is 0 Å². The average Bonchev–Trinajstić information content (AvgIpc) is 3.24. The van der Waals surface area contributed by atoms with Gasteiger partial charge in [0.25, 0.3) is 0 Å². The highest BCUT2D eigenvalue weighted by molar-refractivity contribution is 5.91. The van der Waals surface area contributed by atoms with E-state index in [9.17, 15) is 4.79 Å². The van der Waals surface area contributed by atoms with E-state index >= 15 is 0 Å². The van der Waals surface area contributed by atoms with Crippen molar-refractivity contribution in [1.29, 1.82) is 0 Å². The van der Waals surface area contributed by atoms with E-state index in [1.807, 2.05) is 66.5 Å². The Morgan fingerprint density at radius 3 is 2.73 bits per heavy atom. The molecule has 2 heterocycles. The standard InChI is InChI=1S/C19H24N6O/c1-4-16(12-24-10-9-20-13-24)21-19(26)22-17-7-5-6-8-18(17)25-15(3)11-14(2)23-25/h5-11,13,16H,4,12H2,1-3H3,(H2,21,22,26)/t16-/m1/s1. The molecule has 2 amide bonds. The minimum atomic E-state index is -0.231. The van der Waals surface area contributed by atoms with Crippen LogP contribution in [-0.2, 0) is 6.54 Å². The molecule has 0 saturated carbocycles. The first-order valence-electron chi connectivity index (χ1n) is 8.72. The maximum absolute atomic E-state index is 12.5. The monoisotopic (exact) mass is 352 g/mol. The van der Waals surface area contributed by atoms with Gasteiger partial charge in [0.2, 0.25) is 0 Å². The molecule has 0 fully saturated rings. The molecule has 0 aliphatic carbocycles. The van der Waals surface area contributed by atoms with E-state index in [2.05, 4.69) is 20.7 Å². The summed E-state index contributed by atoms with van der Waals surface area (Å²) in [6.07, 6.45) is 6.20. The maximum atomic E-state index is 12.5. The first-order chi connectivity index (χ1) is 12.6. The molecule has 0 saturated heterocycles. The van der Waals surface area contributed by atoms with E-state index in [0.29, 0.717) is 12.2 Å². The summed E-state index contributed by atoms with van der Waals surface area (Å²) < 4.78 is 3.80. The largest absolute Gasteiger partial charge is 0.335 e. The maximum Gasteiger partial charge on any atom is 0.319 e. The summed E-state index contributed by atoms with van der Waals surface area (Å²) in [7, 11) is 0. The summed E-state index contributed by atoms with van der Waals surface area (Å²) >= 11 is 0. The second-order valence-corrected chi connectivity index (χ2v) is 6.32. The van der Waals surface area contributed by atoms with Crippen molar-refractivity contribution in [3.8, 4) is 5.69 Å². The third kappa shape index (κ3) is 4.11. The number of hydrogen-bond acceptors (Lipinski definition) is 3. The Bertz CT molecular complexity index is 868. The van der Waals surface area contributed by atoms with E-state index in [0.717, 1.165) is 23.5 Å². The lowest BCUT2D eigenvalue weighted by molar-refractivity contribution is 0.246. The molecule has 26 heavy (non-hydrogen) atoms. The van der Waals surface area contributed by atoms with Gasteiger partial charge in [-0.1, -0.05) is 19.1 Å². The molecule has 0 bridgehead atoms. The van der Waals surface area contributed by atoms with Crippen LogP contribution in [0.5, 0.6) is 0 Å². The Hall–Kier alpha value is -3.09. The summed E-state index contributed by atoms with van der Waals surface area (Å²) in [4.78, 5) is 16.5. The summed E-state index contributed by atoms with van der Waals surface area (Å²) in [6.45, 7) is 6.68. The van der Waals surface area contributed by atoms with Crippen LogP contribution in [0.1, 0.15) is 24.7 Å². The molecule has 136 valence electrons. The zero-order valence-electron chi connectivity index (χ0n) is 15.3. The Labute approximate surface area is 153 Å². The average molecular weight is 352 g/mol. The Morgan fingerprint density at radius 1 is 1.27 bits per heavy atom. The van der Waals surface area contributed by atoms with Gasteiger partial charge >= 0.3 is 6.03 Å². The molecule has 1 atom stereocenters. The van der Waals surface area contributed by atoms with Crippen LogP contribution in [0.25, 0.3) is 5.69 Å². The molecular weight excluding hydrogens is 328 g/mol. The van der Waals surface area contributed by atoms with Gasteiger partial charge in [-0.05, 0) is 38.5 Å². The van der Waals surface area contributed by atoms with Gasteiger partial charge in [-0.15, -0.1) is 0 Å². The van der Waals surface area contributed by atoms with Gasteiger partial charge in [-0.2, -0.15) is 5.10 Å². The lowest BCUT2D eigenvalue weighted by Crippen LogP contribution is -2.40. The zero-order chi connectivity index (χ0) is 18.5. The van der Waals surface area contributed by atoms with E-state index < -0.39 is 0 Å². The number of anilines is 1. The van der Waals surface area contributed by atoms with Gasteiger partial charge in [0.15, 0.2) is 0 Å². The topological polar surface area (TPSA) is 76.8 Å². The van der Waals surface area contributed by atoms with Crippen LogP contribution < -0.4 is 10.6 Å². The molecule has 0 unspecified atom stereocenters. The van der Waals surface area contributed by atoms with Crippen LogP contribution in [0.15, 0.2) is 49.1 Å². The van der Waals surface area contributed by atoms with Crippen molar-refractivity contribution in [2.45, 2.75) is 39.8 Å². The van der Waals surface area contributed by atoms with Crippen molar-refractivity contribution in [2.24, 2.45) is 0 Å². The normalized spacial score (nSPS) is 12.0. The van der Waals surface area contributed by atoms with Gasteiger partial charge in [0, 0.05) is 30.7 Å². The number of aromatic nitrogens is 4. The summed E-state index contributed by atoms with van der Waals surface area (Å²) in [5, 5.41) is 10.5. The summed E-state index contributed by atoms with van der Waals surface area (Å²) in [5.74, 6) is 0.